The first kappa shape index (κ1) is 7.77. The molecule has 1 aliphatic heterocycles. The van der Waals surface area contributed by atoms with Crippen LogP contribution in [0.2, 0.25) is 0 Å². The van der Waals surface area contributed by atoms with Crippen molar-refractivity contribution >= 4 is 0 Å². The van der Waals surface area contributed by atoms with Crippen LogP contribution in [-0.4, -0.2) is 23.9 Å². The lowest BCUT2D eigenvalue weighted by Gasteiger charge is -1.95. The summed E-state index contributed by atoms with van der Waals surface area (Å²) in [5, 5.41) is 8.73. The first-order valence-corrected chi connectivity index (χ1v) is 4.20. The number of ether oxygens (including phenoxy) is 1. The fourth-order valence-electron chi connectivity index (χ4n) is 1.37. The summed E-state index contributed by atoms with van der Waals surface area (Å²) in [4.78, 5) is 0. The van der Waals surface area contributed by atoms with Crippen LogP contribution in [0.15, 0.2) is 30.3 Å². The van der Waals surface area contributed by atoms with Gasteiger partial charge in [-0.2, -0.15) is 0 Å². The number of hydrogen-bond donors (Lipinski definition) is 1. The Bertz CT molecular complexity index is 245. The van der Waals surface area contributed by atoms with Gasteiger partial charge in [-0.1, -0.05) is 30.3 Å². The second-order valence-electron chi connectivity index (χ2n) is 3.09. The van der Waals surface area contributed by atoms with E-state index in [9.17, 15) is 0 Å². The number of rotatable bonds is 3. The zero-order valence-electron chi connectivity index (χ0n) is 6.81. The van der Waals surface area contributed by atoms with E-state index in [0.717, 1.165) is 6.42 Å². The highest BCUT2D eigenvalue weighted by Crippen LogP contribution is 2.24. The maximum Gasteiger partial charge on any atom is 0.107 e. The molecule has 64 valence electrons. The number of epoxide rings is 1. The fourth-order valence-corrected chi connectivity index (χ4v) is 1.37. The van der Waals surface area contributed by atoms with Crippen LogP contribution in [0.25, 0.3) is 0 Å². The highest BCUT2D eigenvalue weighted by Gasteiger charge is 2.37. The van der Waals surface area contributed by atoms with Crippen molar-refractivity contribution < 1.29 is 9.84 Å². The summed E-state index contributed by atoms with van der Waals surface area (Å²) in [6.07, 6.45) is 1.26. The van der Waals surface area contributed by atoms with Gasteiger partial charge in [0.05, 0.1) is 12.7 Å². The fraction of sp³-hybridized carbons (Fsp3) is 0.400. The van der Waals surface area contributed by atoms with Crippen molar-refractivity contribution in [2.75, 3.05) is 6.61 Å². The molecule has 1 heterocycles. The molecule has 1 fully saturated rings. The molecule has 0 saturated carbocycles. The Hall–Kier alpha value is -0.860. The van der Waals surface area contributed by atoms with Crippen molar-refractivity contribution in [2.45, 2.75) is 18.6 Å². The van der Waals surface area contributed by atoms with E-state index in [0.29, 0.717) is 0 Å². The third kappa shape index (κ3) is 1.65. The summed E-state index contributed by atoms with van der Waals surface area (Å²) in [5.74, 6) is 0. The molecule has 2 heteroatoms. The third-order valence-electron chi connectivity index (χ3n) is 2.15. The minimum absolute atomic E-state index is 0.0882. The topological polar surface area (TPSA) is 32.8 Å². The molecule has 2 nitrogen and oxygen atoms in total. The summed E-state index contributed by atoms with van der Waals surface area (Å²) in [6.45, 7) is 0.150. The molecule has 0 bridgehead atoms. The number of hydrogen-bond acceptors (Lipinski definition) is 2. The van der Waals surface area contributed by atoms with Crippen LogP contribution in [0.3, 0.4) is 0 Å². The van der Waals surface area contributed by atoms with E-state index in [4.69, 9.17) is 9.84 Å². The SMILES string of the molecule is OCC1OC1Cc1ccccc1. The van der Waals surface area contributed by atoms with Crippen LogP contribution < -0.4 is 0 Å². The number of benzene rings is 1. The van der Waals surface area contributed by atoms with Gasteiger partial charge >= 0.3 is 0 Å². The Morgan fingerprint density at radius 1 is 1.17 bits per heavy atom. The minimum Gasteiger partial charge on any atom is -0.394 e. The molecule has 0 amide bonds. The molecule has 0 aliphatic carbocycles. The van der Waals surface area contributed by atoms with Crippen LogP contribution in [0.1, 0.15) is 5.56 Å². The molecule has 1 N–H and O–H groups in total. The van der Waals surface area contributed by atoms with E-state index in [1.54, 1.807) is 0 Å². The molecule has 2 rings (SSSR count). The summed E-state index contributed by atoms with van der Waals surface area (Å²) in [7, 11) is 0. The average molecular weight is 164 g/mol. The van der Waals surface area contributed by atoms with Gasteiger partial charge in [0.1, 0.15) is 6.10 Å². The molecule has 1 saturated heterocycles. The van der Waals surface area contributed by atoms with Crippen molar-refractivity contribution in [1.82, 2.24) is 0 Å². The van der Waals surface area contributed by atoms with Crippen molar-refractivity contribution in [2.24, 2.45) is 0 Å². The smallest absolute Gasteiger partial charge is 0.107 e. The lowest BCUT2D eigenvalue weighted by Crippen LogP contribution is -2.01. The molecule has 0 aromatic heterocycles. The summed E-state index contributed by atoms with van der Waals surface area (Å²) in [5.41, 5.74) is 1.28. The van der Waals surface area contributed by atoms with Gasteiger partial charge in [-0.25, -0.2) is 0 Å². The third-order valence-corrected chi connectivity index (χ3v) is 2.15. The Morgan fingerprint density at radius 2 is 1.92 bits per heavy atom. The van der Waals surface area contributed by atoms with Crippen LogP contribution in [0, 0.1) is 0 Å². The normalized spacial score (nSPS) is 27.1. The zero-order valence-corrected chi connectivity index (χ0v) is 6.81. The van der Waals surface area contributed by atoms with Gasteiger partial charge in [-0.05, 0) is 5.56 Å². The van der Waals surface area contributed by atoms with Crippen molar-refractivity contribution in [3.8, 4) is 0 Å². The molecule has 2 unspecified atom stereocenters. The number of aliphatic hydroxyl groups excluding tert-OH is 1. The molecule has 1 aliphatic rings. The van der Waals surface area contributed by atoms with Crippen LogP contribution in [-0.2, 0) is 11.2 Å². The Morgan fingerprint density at radius 3 is 2.50 bits per heavy atom. The first-order chi connectivity index (χ1) is 5.90. The highest BCUT2D eigenvalue weighted by molar-refractivity contribution is 5.17. The lowest BCUT2D eigenvalue weighted by molar-refractivity contribution is 0.242. The van der Waals surface area contributed by atoms with Crippen molar-refractivity contribution in [1.29, 1.82) is 0 Å². The second-order valence-corrected chi connectivity index (χ2v) is 3.09. The van der Waals surface area contributed by atoms with E-state index >= 15 is 0 Å². The first-order valence-electron chi connectivity index (χ1n) is 4.20. The largest absolute Gasteiger partial charge is 0.394 e. The molecule has 0 radical (unpaired) electrons. The quantitative estimate of drug-likeness (QED) is 0.676. The monoisotopic (exact) mass is 164 g/mol. The van der Waals surface area contributed by atoms with Crippen LogP contribution in [0.4, 0.5) is 0 Å². The highest BCUT2D eigenvalue weighted by atomic mass is 16.6. The molecular formula is C10H12O2. The summed E-state index contributed by atoms with van der Waals surface area (Å²) < 4.78 is 5.22. The zero-order chi connectivity index (χ0) is 8.39. The lowest BCUT2D eigenvalue weighted by atomic mass is 10.1. The molecule has 12 heavy (non-hydrogen) atoms. The van der Waals surface area contributed by atoms with Crippen LogP contribution >= 0.6 is 0 Å². The van der Waals surface area contributed by atoms with Gasteiger partial charge in [-0.15, -0.1) is 0 Å². The molecule has 2 atom stereocenters. The van der Waals surface area contributed by atoms with Crippen LogP contribution in [0.5, 0.6) is 0 Å². The summed E-state index contributed by atoms with van der Waals surface area (Å²) >= 11 is 0. The second kappa shape index (κ2) is 3.25. The van der Waals surface area contributed by atoms with E-state index in [1.165, 1.54) is 5.56 Å². The van der Waals surface area contributed by atoms with E-state index in [1.807, 2.05) is 18.2 Å². The molecule has 0 spiro atoms. The molecule has 1 aromatic rings. The van der Waals surface area contributed by atoms with Gasteiger partial charge in [0, 0.05) is 6.42 Å². The van der Waals surface area contributed by atoms with Crippen molar-refractivity contribution in [3.63, 3.8) is 0 Å². The van der Waals surface area contributed by atoms with Gasteiger partial charge in [0.15, 0.2) is 0 Å². The summed E-state index contributed by atoms with van der Waals surface area (Å²) in [6, 6.07) is 10.2. The van der Waals surface area contributed by atoms with Crippen molar-refractivity contribution in [3.05, 3.63) is 35.9 Å². The van der Waals surface area contributed by atoms with Gasteiger partial charge in [-0.3, -0.25) is 0 Å². The Labute approximate surface area is 71.8 Å². The minimum atomic E-state index is 0.0882. The Balaban J connectivity index is 1.89. The average Bonchev–Trinajstić information content (AvgIpc) is 2.85. The van der Waals surface area contributed by atoms with Gasteiger partial charge in [0.2, 0.25) is 0 Å². The van der Waals surface area contributed by atoms with E-state index in [2.05, 4.69) is 12.1 Å². The van der Waals surface area contributed by atoms with E-state index < -0.39 is 0 Å². The van der Waals surface area contributed by atoms with E-state index in [-0.39, 0.29) is 18.8 Å². The standard InChI is InChI=1S/C10H12O2/c11-7-10-9(12-10)6-8-4-2-1-3-5-8/h1-5,9-11H,6-7H2. The molecular weight excluding hydrogens is 152 g/mol. The predicted molar refractivity (Wildman–Crippen MR) is 45.9 cm³/mol. The van der Waals surface area contributed by atoms with Gasteiger partial charge in [0.25, 0.3) is 0 Å². The van der Waals surface area contributed by atoms with Gasteiger partial charge < -0.3 is 9.84 Å². The Kier molecular flexibility index (Phi) is 2.11. The maximum atomic E-state index is 8.73. The molecule has 1 aromatic carbocycles. The maximum absolute atomic E-state index is 8.73. The predicted octanol–water partition coefficient (Wildman–Crippen LogP) is 0.989. The number of aliphatic hydroxyl groups is 1.